The summed E-state index contributed by atoms with van der Waals surface area (Å²) >= 11 is 0. The molecule has 0 aromatic rings. The molecule has 0 aromatic heterocycles. The van der Waals surface area contributed by atoms with Crippen LogP contribution in [0.3, 0.4) is 0 Å². The van der Waals surface area contributed by atoms with E-state index in [2.05, 4.69) is 76.2 Å². The highest BCUT2D eigenvalue weighted by Gasteiger charge is 2.19. The molecule has 3 heteroatoms. The average molecular weight is 490 g/mol. The Morgan fingerprint density at radius 1 is 0.500 bits per heavy atom. The molecule has 214 valence electrons. The first-order valence-corrected chi connectivity index (χ1v) is 14.1. The van der Waals surface area contributed by atoms with Crippen LogP contribution in [0.2, 0.25) is 0 Å². The van der Waals surface area contributed by atoms with Gasteiger partial charge in [-0.15, -0.1) is 0 Å². The lowest BCUT2D eigenvalue weighted by atomic mass is 9.96. The summed E-state index contributed by atoms with van der Waals surface area (Å²) < 4.78 is 0. The SMILES string of the molecule is C.C.CC.CC.CC.CC.CC(C)C1=CCN(C(C)C)CC1.CC(C)N1CCN(C(C)C)CC1. The molecule has 2 aliphatic heterocycles. The van der Waals surface area contributed by atoms with E-state index in [-0.39, 0.29) is 14.9 Å². The van der Waals surface area contributed by atoms with Crippen LogP contribution in [-0.2, 0) is 0 Å². The number of rotatable bonds is 4. The van der Waals surface area contributed by atoms with Crippen LogP contribution < -0.4 is 0 Å². The van der Waals surface area contributed by atoms with E-state index in [4.69, 9.17) is 0 Å². The van der Waals surface area contributed by atoms with Gasteiger partial charge in [-0.25, -0.2) is 0 Å². The third-order valence-electron chi connectivity index (χ3n) is 5.56. The molecule has 2 heterocycles. The highest BCUT2D eigenvalue weighted by atomic mass is 15.3. The van der Waals surface area contributed by atoms with E-state index >= 15 is 0 Å². The lowest BCUT2D eigenvalue weighted by molar-refractivity contribution is 0.0887. The van der Waals surface area contributed by atoms with Gasteiger partial charge in [-0.3, -0.25) is 14.7 Å². The van der Waals surface area contributed by atoms with Crippen molar-refractivity contribution in [2.75, 3.05) is 39.3 Å². The predicted molar refractivity (Wildman–Crippen MR) is 167 cm³/mol. The maximum Gasteiger partial charge on any atom is 0.0168 e. The van der Waals surface area contributed by atoms with Gasteiger partial charge in [-0.05, 0) is 53.9 Å². The first-order valence-electron chi connectivity index (χ1n) is 14.1. The maximum absolute atomic E-state index is 2.55. The van der Waals surface area contributed by atoms with Gasteiger partial charge in [0.1, 0.15) is 0 Å². The Hall–Kier alpha value is -0.380. The van der Waals surface area contributed by atoms with Gasteiger partial charge in [0.25, 0.3) is 0 Å². The van der Waals surface area contributed by atoms with E-state index in [9.17, 15) is 0 Å². The quantitative estimate of drug-likeness (QED) is 0.364. The molecule has 2 aliphatic rings. The smallest absolute Gasteiger partial charge is 0.0168 e. The minimum atomic E-state index is 0. The van der Waals surface area contributed by atoms with Crippen LogP contribution in [0.15, 0.2) is 11.6 Å². The van der Waals surface area contributed by atoms with E-state index in [0.29, 0.717) is 6.04 Å². The van der Waals surface area contributed by atoms with Gasteiger partial charge < -0.3 is 0 Å². The summed E-state index contributed by atoms with van der Waals surface area (Å²) in [7, 11) is 0. The third-order valence-corrected chi connectivity index (χ3v) is 5.56. The van der Waals surface area contributed by atoms with E-state index < -0.39 is 0 Å². The zero-order valence-electron chi connectivity index (χ0n) is 25.7. The standard InChI is InChI=1S/C11H21N.C10H22N2.4C2H6.2CH4/c2*1-9(2)11-5-7-12(8-6-11)10(3)4;4*1-2;;/h5,9-10H,6-8H2,1-4H3;9-10H,5-8H2,1-4H3;4*1-2H3;2*1H4. The van der Waals surface area contributed by atoms with Crippen molar-refractivity contribution in [3.05, 3.63) is 11.6 Å². The Balaban J connectivity index is -0.0000000851. The molecule has 34 heavy (non-hydrogen) atoms. The molecule has 3 nitrogen and oxygen atoms in total. The summed E-state index contributed by atoms with van der Waals surface area (Å²) in [6.07, 6.45) is 3.68. The molecule has 0 atom stereocenters. The van der Waals surface area contributed by atoms with Crippen molar-refractivity contribution in [3.8, 4) is 0 Å². The minimum Gasteiger partial charge on any atom is -0.298 e. The topological polar surface area (TPSA) is 9.72 Å². The van der Waals surface area contributed by atoms with Gasteiger partial charge in [-0.2, -0.15) is 0 Å². The van der Waals surface area contributed by atoms with Crippen molar-refractivity contribution in [1.29, 1.82) is 0 Å². The lowest BCUT2D eigenvalue weighted by Crippen LogP contribution is -2.50. The molecule has 1 fully saturated rings. The van der Waals surface area contributed by atoms with Gasteiger partial charge in [0, 0.05) is 57.4 Å². The predicted octanol–water partition coefficient (Wildman–Crippen LogP) is 9.48. The largest absolute Gasteiger partial charge is 0.298 e. The molecule has 2 rings (SSSR count). The molecule has 0 radical (unpaired) electrons. The minimum absolute atomic E-state index is 0. The maximum atomic E-state index is 2.55. The first kappa shape index (κ1) is 46.9. The van der Waals surface area contributed by atoms with Crippen molar-refractivity contribution < 1.29 is 0 Å². The Bertz CT molecular complexity index is 349. The Morgan fingerprint density at radius 2 is 0.794 bits per heavy atom. The average Bonchev–Trinajstić information content (AvgIpc) is 2.84. The highest BCUT2D eigenvalue weighted by Crippen LogP contribution is 2.19. The second kappa shape index (κ2) is 32.6. The molecule has 0 saturated carbocycles. The van der Waals surface area contributed by atoms with Gasteiger partial charge in [0.05, 0.1) is 0 Å². The summed E-state index contributed by atoms with van der Waals surface area (Å²) in [5, 5.41) is 0. The highest BCUT2D eigenvalue weighted by molar-refractivity contribution is 5.09. The van der Waals surface area contributed by atoms with E-state index in [1.54, 1.807) is 5.57 Å². The summed E-state index contributed by atoms with van der Waals surface area (Å²) in [6, 6.07) is 2.15. The van der Waals surface area contributed by atoms with E-state index in [0.717, 1.165) is 24.5 Å². The fourth-order valence-electron chi connectivity index (χ4n) is 3.46. The second-order valence-corrected chi connectivity index (χ2v) is 8.53. The number of hydrogen-bond acceptors (Lipinski definition) is 3. The van der Waals surface area contributed by atoms with Gasteiger partial charge in [-0.1, -0.05) is 95.7 Å². The van der Waals surface area contributed by atoms with Gasteiger partial charge >= 0.3 is 0 Å². The summed E-state index contributed by atoms with van der Waals surface area (Å²) in [4.78, 5) is 7.63. The van der Waals surface area contributed by atoms with Crippen molar-refractivity contribution in [2.45, 2.75) is 150 Å². The molecule has 0 aromatic carbocycles. The fraction of sp³-hybridized carbons (Fsp3) is 0.935. The van der Waals surface area contributed by atoms with Crippen LogP contribution >= 0.6 is 0 Å². The summed E-state index contributed by atoms with van der Waals surface area (Å²) in [5.74, 6) is 0.749. The van der Waals surface area contributed by atoms with Crippen molar-refractivity contribution in [1.82, 2.24) is 14.7 Å². The lowest BCUT2D eigenvalue weighted by Gasteiger charge is -2.38. The van der Waals surface area contributed by atoms with Crippen LogP contribution in [0.4, 0.5) is 0 Å². The first-order chi connectivity index (χ1) is 15.2. The number of nitrogens with zero attached hydrogens (tertiary/aromatic N) is 3. The molecule has 1 saturated heterocycles. The van der Waals surface area contributed by atoms with Crippen molar-refractivity contribution in [2.24, 2.45) is 5.92 Å². The summed E-state index contributed by atoms with van der Waals surface area (Å²) in [5.41, 5.74) is 1.65. The molecule has 0 spiro atoms. The van der Waals surface area contributed by atoms with Gasteiger partial charge in [0.15, 0.2) is 0 Å². The zero-order chi connectivity index (χ0) is 26.3. The van der Waals surface area contributed by atoms with Crippen molar-refractivity contribution in [3.63, 3.8) is 0 Å². The van der Waals surface area contributed by atoms with Crippen LogP contribution in [0.25, 0.3) is 0 Å². The van der Waals surface area contributed by atoms with Crippen molar-refractivity contribution >= 4 is 0 Å². The molecule has 0 amide bonds. The van der Waals surface area contributed by atoms with Crippen LogP contribution in [0, 0.1) is 5.92 Å². The number of piperazine rings is 1. The Kier molecular flexibility index (Phi) is 45.0. The van der Waals surface area contributed by atoms with Gasteiger partial charge in [0.2, 0.25) is 0 Å². The number of hydrogen-bond donors (Lipinski definition) is 0. The summed E-state index contributed by atoms with van der Waals surface area (Å²) in [6.45, 7) is 41.6. The fourth-order valence-corrected chi connectivity index (χ4v) is 3.46. The molecule has 0 aliphatic carbocycles. The monoisotopic (exact) mass is 490 g/mol. The molecular formula is C31H75N3. The normalized spacial score (nSPS) is 15.8. The Labute approximate surface area is 221 Å². The molecular weight excluding hydrogens is 414 g/mol. The Morgan fingerprint density at radius 3 is 0.971 bits per heavy atom. The van der Waals surface area contributed by atoms with Crippen LogP contribution in [0.5, 0.6) is 0 Å². The molecule has 0 bridgehead atoms. The zero-order valence-corrected chi connectivity index (χ0v) is 25.7. The molecule has 0 unspecified atom stereocenters. The second-order valence-electron chi connectivity index (χ2n) is 8.53. The van der Waals surface area contributed by atoms with E-state index in [1.165, 1.54) is 39.1 Å². The van der Waals surface area contributed by atoms with E-state index in [1.807, 2.05) is 55.4 Å². The van der Waals surface area contributed by atoms with Crippen LogP contribution in [-0.4, -0.2) is 72.1 Å². The third kappa shape index (κ3) is 23.4. The van der Waals surface area contributed by atoms with Crippen LogP contribution in [0.1, 0.15) is 132 Å². The molecule has 0 N–H and O–H groups in total.